The van der Waals surface area contributed by atoms with E-state index in [1.54, 1.807) is 18.2 Å². The lowest BCUT2D eigenvalue weighted by molar-refractivity contribution is -0.136. The summed E-state index contributed by atoms with van der Waals surface area (Å²) >= 11 is 0. The topological polar surface area (TPSA) is 152 Å². The Bertz CT molecular complexity index is 2060. The average molecular weight is 689 g/mol. The van der Waals surface area contributed by atoms with Gasteiger partial charge in [0.15, 0.2) is 0 Å². The highest BCUT2D eigenvalue weighted by Gasteiger charge is 2.44. The molecule has 0 bridgehead atoms. The van der Waals surface area contributed by atoms with Gasteiger partial charge in [0, 0.05) is 55.1 Å². The molecule has 2 N–H and O–H groups in total. The van der Waals surface area contributed by atoms with E-state index in [4.69, 9.17) is 19.8 Å². The molecule has 5 heterocycles. The SMILES string of the molecule is O=C1CCC(N2C(=O)c3ccc(NCCC[C@H]4C[C@@H](n5cc(-c6cnc7ccc(N8CCOCC8)cc7n6)c(C6CC6)n5)C4)cc3C2=O)C(=O)N1. The summed E-state index contributed by atoms with van der Waals surface area (Å²) in [6.45, 7) is 3.98. The molecule has 4 aromatic rings. The van der Waals surface area contributed by atoms with E-state index < -0.39 is 23.8 Å². The van der Waals surface area contributed by atoms with Crippen molar-refractivity contribution in [2.24, 2.45) is 5.92 Å². The molecule has 51 heavy (non-hydrogen) atoms. The zero-order valence-electron chi connectivity index (χ0n) is 28.3. The van der Waals surface area contributed by atoms with Gasteiger partial charge in [0.05, 0.1) is 59.0 Å². The van der Waals surface area contributed by atoms with Gasteiger partial charge in [0.25, 0.3) is 11.8 Å². The van der Waals surface area contributed by atoms with Crippen LogP contribution in [-0.4, -0.2) is 87.2 Å². The minimum Gasteiger partial charge on any atom is -0.385 e. The van der Waals surface area contributed by atoms with Crippen LogP contribution in [0.3, 0.4) is 0 Å². The number of rotatable bonds is 10. The molecule has 4 amide bonds. The lowest BCUT2D eigenvalue weighted by Gasteiger charge is -2.35. The molecule has 2 aromatic heterocycles. The summed E-state index contributed by atoms with van der Waals surface area (Å²) in [5.41, 5.74) is 7.42. The lowest BCUT2D eigenvalue weighted by atomic mass is 9.77. The van der Waals surface area contributed by atoms with Crippen molar-refractivity contribution in [1.29, 1.82) is 0 Å². The highest BCUT2D eigenvalue weighted by molar-refractivity contribution is 6.23. The van der Waals surface area contributed by atoms with Gasteiger partial charge in [-0.05, 0) is 87.3 Å². The van der Waals surface area contributed by atoms with Gasteiger partial charge in [0.2, 0.25) is 11.8 Å². The summed E-state index contributed by atoms with van der Waals surface area (Å²) in [5.74, 6) is -0.868. The molecule has 2 saturated carbocycles. The molecule has 4 fully saturated rings. The molecule has 3 aliphatic heterocycles. The number of imide groups is 2. The van der Waals surface area contributed by atoms with Gasteiger partial charge in [0.1, 0.15) is 6.04 Å². The Labute approximate surface area is 294 Å². The number of carbonyl (C=O) groups is 4. The Morgan fingerprint density at radius 3 is 2.53 bits per heavy atom. The fraction of sp³-hybridized carbons (Fsp3) is 0.447. The maximum absolute atomic E-state index is 13.2. The van der Waals surface area contributed by atoms with Crippen molar-refractivity contribution in [2.45, 2.75) is 69.4 Å². The lowest BCUT2D eigenvalue weighted by Crippen LogP contribution is -2.54. The van der Waals surface area contributed by atoms with Gasteiger partial charge < -0.3 is 15.0 Å². The van der Waals surface area contributed by atoms with Gasteiger partial charge in [-0.3, -0.25) is 39.1 Å². The maximum atomic E-state index is 13.2. The van der Waals surface area contributed by atoms with Crippen LogP contribution in [0.5, 0.6) is 0 Å². The summed E-state index contributed by atoms with van der Waals surface area (Å²) in [5, 5.41) is 10.8. The third-order valence-electron chi connectivity index (χ3n) is 11.0. The normalized spacial score (nSPS) is 23.4. The first kappa shape index (κ1) is 31.8. The first-order valence-corrected chi connectivity index (χ1v) is 18.2. The first-order valence-electron chi connectivity index (χ1n) is 18.2. The largest absolute Gasteiger partial charge is 0.385 e. The van der Waals surface area contributed by atoms with Crippen molar-refractivity contribution in [3.05, 3.63) is 65.6 Å². The first-order chi connectivity index (χ1) is 24.9. The molecular formula is C38H40N8O5. The van der Waals surface area contributed by atoms with Crippen LogP contribution in [0.2, 0.25) is 0 Å². The van der Waals surface area contributed by atoms with Crippen molar-refractivity contribution in [3.63, 3.8) is 0 Å². The number of nitrogens with one attached hydrogen (secondary N) is 2. The number of anilines is 2. The third-order valence-corrected chi connectivity index (χ3v) is 11.0. The number of aromatic nitrogens is 4. The predicted molar refractivity (Wildman–Crippen MR) is 188 cm³/mol. The van der Waals surface area contributed by atoms with E-state index in [1.807, 2.05) is 6.20 Å². The van der Waals surface area contributed by atoms with Crippen LogP contribution < -0.4 is 15.5 Å². The molecular weight excluding hydrogens is 648 g/mol. The van der Waals surface area contributed by atoms with Crippen LogP contribution in [0.4, 0.5) is 11.4 Å². The van der Waals surface area contributed by atoms with E-state index in [9.17, 15) is 19.2 Å². The number of nitrogens with zero attached hydrogens (tertiary/aromatic N) is 6. The second kappa shape index (κ2) is 12.9. The van der Waals surface area contributed by atoms with Gasteiger partial charge in [-0.15, -0.1) is 0 Å². The molecule has 1 atom stereocenters. The van der Waals surface area contributed by atoms with Crippen molar-refractivity contribution < 1.29 is 23.9 Å². The van der Waals surface area contributed by atoms with Gasteiger partial charge in [-0.25, -0.2) is 4.98 Å². The molecule has 13 heteroatoms. The molecule has 2 aromatic carbocycles. The summed E-state index contributed by atoms with van der Waals surface area (Å²) in [6.07, 6.45) is 10.9. The van der Waals surface area contributed by atoms with Crippen molar-refractivity contribution in [2.75, 3.05) is 43.1 Å². The van der Waals surface area contributed by atoms with Crippen LogP contribution in [0.25, 0.3) is 22.3 Å². The van der Waals surface area contributed by atoms with Crippen molar-refractivity contribution >= 4 is 46.0 Å². The predicted octanol–water partition coefficient (Wildman–Crippen LogP) is 4.45. The molecule has 9 rings (SSSR count). The summed E-state index contributed by atoms with van der Waals surface area (Å²) < 4.78 is 7.71. The Morgan fingerprint density at radius 2 is 1.73 bits per heavy atom. The average Bonchev–Trinajstić information content (AvgIpc) is 3.84. The van der Waals surface area contributed by atoms with Crippen molar-refractivity contribution in [3.8, 4) is 11.3 Å². The number of fused-ring (bicyclic) bond motifs is 2. The number of carbonyl (C=O) groups excluding carboxylic acids is 4. The maximum Gasteiger partial charge on any atom is 0.262 e. The standard InChI is InChI=1S/C38H40N8O5/c47-34-10-9-33(36(48)42-34)46-37(49)27-7-5-24(18-28(27)38(46)50)39-11-1-2-22-16-26(17-22)45-21-29(35(43-45)23-3-4-23)32-20-40-30-8-6-25(19-31(30)41-32)44-12-14-51-15-13-44/h5-8,18-23,26,33,39H,1-4,9-17H2,(H,42,47,48)/t22-,26+,33?. The fourth-order valence-electron chi connectivity index (χ4n) is 7.95. The van der Waals surface area contributed by atoms with Crippen molar-refractivity contribution in [1.82, 2.24) is 30.0 Å². The third kappa shape index (κ3) is 6.02. The molecule has 13 nitrogen and oxygen atoms in total. The summed E-state index contributed by atoms with van der Waals surface area (Å²) in [7, 11) is 0. The van der Waals surface area contributed by atoms with Gasteiger partial charge in [-0.1, -0.05) is 0 Å². The number of ether oxygens (including phenoxy) is 1. The van der Waals surface area contributed by atoms with E-state index in [2.05, 4.69) is 44.6 Å². The molecule has 262 valence electrons. The van der Waals surface area contributed by atoms with Crippen LogP contribution in [0.1, 0.15) is 89.7 Å². The van der Waals surface area contributed by atoms with E-state index in [1.165, 1.54) is 12.8 Å². The highest BCUT2D eigenvalue weighted by atomic mass is 16.5. The number of amides is 4. The van der Waals surface area contributed by atoms with E-state index in [-0.39, 0.29) is 29.9 Å². The Morgan fingerprint density at radius 1 is 0.902 bits per heavy atom. The van der Waals surface area contributed by atoms with Crippen LogP contribution in [0, 0.1) is 5.92 Å². The van der Waals surface area contributed by atoms with E-state index in [0.717, 1.165) is 103 Å². The Hall–Kier alpha value is -5.17. The highest BCUT2D eigenvalue weighted by Crippen LogP contribution is 2.46. The molecule has 2 saturated heterocycles. The second-order valence-corrected chi connectivity index (χ2v) is 14.5. The number of benzene rings is 2. The minimum atomic E-state index is -0.965. The number of hydrogen-bond acceptors (Lipinski definition) is 10. The number of piperidine rings is 1. The van der Waals surface area contributed by atoms with Gasteiger partial charge >= 0.3 is 0 Å². The zero-order chi connectivity index (χ0) is 34.6. The summed E-state index contributed by atoms with van der Waals surface area (Å²) in [4.78, 5) is 63.3. The van der Waals surface area contributed by atoms with Crippen LogP contribution in [0.15, 0.2) is 48.8 Å². The van der Waals surface area contributed by atoms with E-state index >= 15 is 0 Å². The molecule has 1 unspecified atom stereocenters. The van der Waals surface area contributed by atoms with E-state index in [0.29, 0.717) is 17.9 Å². The summed E-state index contributed by atoms with van der Waals surface area (Å²) in [6, 6.07) is 10.9. The quantitative estimate of drug-likeness (QED) is 0.181. The number of hydrogen-bond donors (Lipinski definition) is 2. The zero-order valence-corrected chi connectivity index (χ0v) is 28.3. The molecule has 0 spiro atoms. The monoisotopic (exact) mass is 688 g/mol. The Balaban J connectivity index is 0.800. The molecule has 0 radical (unpaired) electrons. The minimum absolute atomic E-state index is 0.0976. The van der Waals surface area contributed by atoms with Crippen LogP contribution >= 0.6 is 0 Å². The molecule has 5 aliphatic rings. The van der Waals surface area contributed by atoms with Gasteiger partial charge in [-0.2, -0.15) is 5.10 Å². The van der Waals surface area contributed by atoms with Crippen LogP contribution in [-0.2, 0) is 14.3 Å². The second-order valence-electron chi connectivity index (χ2n) is 14.5. The number of morpholine rings is 1. The fourth-order valence-corrected chi connectivity index (χ4v) is 7.95. The smallest absolute Gasteiger partial charge is 0.262 e. The Kier molecular flexibility index (Phi) is 8.02. The molecule has 2 aliphatic carbocycles.